The second kappa shape index (κ2) is 10.0. The molecule has 34 heavy (non-hydrogen) atoms. The molecule has 0 aromatic heterocycles. The van der Waals surface area contributed by atoms with Crippen LogP contribution in [0.15, 0.2) is 83.8 Å². The van der Waals surface area contributed by atoms with Crippen LogP contribution in [-0.4, -0.2) is 34.1 Å². The lowest BCUT2D eigenvalue weighted by atomic mass is 9.99. The highest BCUT2D eigenvalue weighted by Gasteiger charge is 2.42. The Morgan fingerprint density at radius 3 is 2.32 bits per heavy atom. The monoisotopic (exact) mass is 474 g/mol. The molecule has 1 unspecified atom stereocenters. The second-order valence-corrected chi connectivity index (χ2v) is 7.11. The van der Waals surface area contributed by atoms with Crippen LogP contribution in [0.3, 0.4) is 0 Å². The predicted octanol–water partition coefficient (Wildman–Crippen LogP) is 4.34. The number of hydrogen-bond donors (Lipinski definition) is 2. The Morgan fingerprint density at radius 1 is 1.12 bits per heavy atom. The smallest absolute Gasteiger partial charge is 0.416 e. The van der Waals surface area contributed by atoms with Crippen LogP contribution in [0.1, 0.15) is 22.3 Å². The van der Waals surface area contributed by atoms with E-state index in [-0.39, 0.29) is 11.3 Å². The fourth-order valence-corrected chi connectivity index (χ4v) is 3.03. The third-order valence-corrected chi connectivity index (χ3v) is 4.73. The van der Waals surface area contributed by atoms with E-state index in [1.807, 2.05) is 0 Å². The number of carbonyl (C=O) groups excluding carboxylic acids is 1. The number of alkyl halides is 3. The summed E-state index contributed by atoms with van der Waals surface area (Å²) in [6.07, 6.45) is -2.56. The molecular weight excluding hydrogens is 457 g/mol. The lowest BCUT2D eigenvalue weighted by Gasteiger charge is -2.20. The number of nitrogens with zero attached hydrogens (tertiary/aromatic N) is 1. The van der Waals surface area contributed by atoms with Gasteiger partial charge in [0.05, 0.1) is 12.0 Å². The first-order valence-electron chi connectivity index (χ1n) is 9.76. The number of carboxylic acid groups (broad SMARTS) is 1. The van der Waals surface area contributed by atoms with Crippen molar-refractivity contribution in [3.05, 3.63) is 105 Å². The van der Waals surface area contributed by atoms with Gasteiger partial charge in [-0.2, -0.15) is 13.2 Å². The molecule has 2 aromatic rings. The SMILES string of the molecule is O=C(O)/C(=C\c1ccc(OC2=C(C(F)(F)F)CC([N+](=O)[O-])C=C2)cc1)NC(=O)c1ccccc1. The number of allylic oxidation sites excluding steroid dienone is 1. The van der Waals surface area contributed by atoms with E-state index in [0.717, 1.165) is 12.2 Å². The Morgan fingerprint density at radius 2 is 1.76 bits per heavy atom. The zero-order valence-corrected chi connectivity index (χ0v) is 17.3. The number of halogens is 3. The van der Waals surface area contributed by atoms with Crippen molar-refractivity contribution in [1.82, 2.24) is 5.32 Å². The van der Waals surface area contributed by atoms with Gasteiger partial charge in [0.2, 0.25) is 6.04 Å². The summed E-state index contributed by atoms with van der Waals surface area (Å²) in [7, 11) is 0. The van der Waals surface area contributed by atoms with Gasteiger partial charge in [-0.25, -0.2) is 4.79 Å². The molecule has 0 saturated heterocycles. The van der Waals surface area contributed by atoms with E-state index in [1.54, 1.807) is 18.2 Å². The summed E-state index contributed by atoms with van der Waals surface area (Å²) in [6, 6.07) is 11.8. The van der Waals surface area contributed by atoms with Gasteiger partial charge in [-0.05, 0) is 48.1 Å². The van der Waals surface area contributed by atoms with E-state index in [2.05, 4.69) is 5.32 Å². The van der Waals surface area contributed by atoms with Gasteiger partial charge >= 0.3 is 12.1 Å². The summed E-state index contributed by atoms with van der Waals surface area (Å²) < 4.78 is 45.3. The summed E-state index contributed by atoms with van der Waals surface area (Å²) in [5.74, 6) is -2.58. The van der Waals surface area contributed by atoms with E-state index in [4.69, 9.17) is 4.74 Å². The van der Waals surface area contributed by atoms with Gasteiger partial charge in [0, 0.05) is 10.5 Å². The highest BCUT2D eigenvalue weighted by atomic mass is 19.4. The fourth-order valence-electron chi connectivity index (χ4n) is 3.03. The number of ether oxygens (including phenoxy) is 1. The van der Waals surface area contributed by atoms with Crippen LogP contribution in [0.5, 0.6) is 5.75 Å². The van der Waals surface area contributed by atoms with Crippen molar-refractivity contribution >= 4 is 18.0 Å². The van der Waals surface area contributed by atoms with Crippen molar-refractivity contribution < 1.29 is 37.5 Å². The molecule has 1 aliphatic carbocycles. The molecule has 1 aliphatic rings. The van der Waals surface area contributed by atoms with Crippen LogP contribution in [-0.2, 0) is 4.79 Å². The topological polar surface area (TPSA) is 119 Å². The maximum Gasteiger partial charge on any atom is 0.416 e. The highest BCUT2D eigenvalue weighted by molar-refractivity contribution is 6.02. The Kier molecular flexibility index (Phi) is 7.15. The highest BCUT2D eigenvalue weighted by Crippen LogP contribution is 2.36. The number of hydrogen-bond acceptors (Lipinski definition) is 5. The number of aliphatic carboxylic acids is 1. The zero-order chi connectivity index (χ0) is 24.9. The second-order valence-electron chi connectivity index (χ2n) is 7.11. The first kappa shape index (κ1) is 24.2. The zero-order valence-electron chi connectivity index (χ0n) is 17.3. The van der Waals surface area contributed by atoms with Crippen LogP contribution in [0.2, 0.25) is 0 Å². The molecule has 1 amide bonds. The molecule has 0 fully saturated rings. The minimum Gasteiger partial charge on any atom is -0.477 e. The summed E-state index contributed by atoms with van der Waals surface area (Å²) in [5, 5.41) is 22.5. The molecular formula is C23H17F3N2O6. The van der Waals surface area contributed by atoms with Gasteiger partial charge in [0.1, 0.15) is 17.2 Å². The van der Waals surface area contributed by atoms with E-state index in [1.165, 1.54) is 42.5 Å². The van der Waals surface area contributed by atoms with Gasteiger partial charge in [0.15, 0.2) is 0 Å². The molecule has 0 heterocycles. The standard InChI is InChI=1S/C23H17F3N2O6/c24-23(25,26)18-13-16(28(32)33)8-11-20(18)34-17-9-6-14(7-10-17)12-19(22(30)31)27-21(29)15-4-2-1-3-5-15/h1-12,16H,13H2,(H,27,29)(H,30,31)/b19-12+. The third kappa shape index (κ3) is 6.09. The van der Waals surface area contributed by atoms with Crippen molar-refractivity contribution in [2.45, 2.75) is 18.6 Å². The van der Waals surface area contributed by atoms with Crippen molar-refractivity contribution in [3.8, 4) is 5.75 Å². The van der Waals surface area contributed by atoms with Crippen LogP contribution < -0.4 is 10.1 Å². The number of nitrogens with one attached hydrogen (secondary N) is 1. The molecule has 0 spiro atoms. The van der Waals surface area contributed by atoms with Crippen molar-refractivity contribution in [2.24, 2.45) is 0 Å². The molecule has 0 aliphatic heterocycles. The Bertz CT molecular complexity index is 1190. The Labute approximate surface area is 190 Å². The van der Waals surface area contributed by atoms with Crippen molar-refractivity contribution in [2.75, 3.05) is 0 Å². The number of amides is 1. The number of carboxylic acids is 1. The van der Waals surface area contributed by atoms with E-state index in [0.29, 0.717) is 5.56 Å². The molecule has 0 radical (unpaired) electrons. The molecule has 2 aromatic carbocycles. The quantitative estimate of drug-likeness (QED) is 0.350. The number of rotatable bonds is 7. The van der Waals surface area contributed by atoms with E-state index >= 15 is 0 Å². The van der Waals surface area contributed by atoms with Gasteiger partial charge in [-0.3, -0.25) is 14.9 Å². The molecule has 1 atom stereocenters. The molecule has 0 bridgehead atoms. The molecule has 176 valence electrons. The first-order chi connectivity index (χ1) is 16.0. The molecule has 2 N–H and O–H groups in total. The van der Waals surface area contributed by atoms with Crippen LogP contribution in [0.25, 0.3) is 6.08 Å². The lowest BCUT2D eigenvalue weighted by Crippen LogP contribution is -2.27. The minimum atomic E-state index is -4.82. The molecule has 11 heteroatoms. The van der Waals surface area contributed by atoms with Gasteiger partial charge < -0.3 is 15.2 Å². The van der Waals surface area contributed by atoms with Crippen LogP contribution >= 0.6 is 0 Å². The maximum atomic E-state index is 13.3. The number of nitro groups is 1. The number of benzene rings is 2. The molecule has 0 saturated carbocycles. The maximum absolute atomic E-state index is 13.3. The Balaban J connectivity index is 1.79. The first-order valence-corrected chi connectivity index (χ1v) is 9.76. The normalized spacial score (nSPS) is 16.2. The van der Waals surface area contributed by atoms with Gasteiger partial charge in [-0.15, -0.1) is 0 Å². The summed E-state index contributed by atoms with van der Waals surface area (Å²) in [6.45, 7) is 0. The van der Waals surface area contributed by atoms with E-state index < -0.39 is 52.5 Å². The summed E-state index contributed by atoms with van der Waals surface area (Å²) in [5.41, 5.74) is -0.981. The average molecular weight is 474 g/mol. The average Bonchev–Trinajstić information content (AvgIpc) is 2.79. The summed E-state index contributed by atoms with van der Waals surface area (Å²) in [4.78, 5) is 33.8. The van der Waals surface area contributed by atoms with Crippen molar-refractivity contribution in [1.29, 1.82) is 0 Å². The van der Waals surface area contributed by atoms with Crippen LogP contribution in [0, 0.1) is 10.1 Å². The van der Waals surface area contributed by atoms with Gasteiger partial charge in [0.25, 0.3) is 5.91 Å². The van der Waals surface area contributed by atoms with Gasteiger partial charge in [-0.1, -0.05) is 30.3 Å². The van der Waals surface area contributed by atoms with Crippen molar-refractivity contribution in [3.63, 3.8) is 0 Å². The minimum absolute atomic E-state index is 0.00305. The fraction of sp³-hybridized carbons (Fsp3) is 0.130. The predicted molar refractivity (Wildman–Crippen MR) is 114 cm³/mol. The summed E-state index contributed by atoms with van der Waals surface area (Å²) >= 11 is 0. The third-order valence-electron chi connectivity index (χ3n) is 4.73. The lowest BCUT2D eigenvalue weighted by molar-refractivity contribution is -0.509. The number of carbonyl (C=O) groups is 2. The molecule has 8 nitrogen and oxygen atoms in total. The van der Waals surface area contributed by atoms with E-state index in [9.17, 15) is 38.0 Å². The largest absolute Gasteiger partial charge is 0.477 e. The molecule has 3 rings (SSSR count). The van der Waals surface area contributed by atoms with Crippen LogP contribution in [0.4, 0.5) is 13.2 Å². The Hall–Kier alpha value is -4.41.